The molecule has 0 saturated heterocycles. The van der Waals surface area contributed by atoms with Crippen molar-refractivity contribution in [1.29, 1.82) is 0 Å². The molecule has 1 N–H and O–H groups in total. The van der Waals surface area contributed by atoms with E-state index in [0.29, 0.717) is 24.0 Å². The first kappa shape index (κ1) is 22.6. The number of benzene rings is 2. The summed E-state index contributed by atoms with van der Waals surface area (Å²) in [6.07, 6.45) is 1.07. The molecule has 2 atom stereocenters. The van der Waals surface area contributed by atoms with Crippen LogP contribution in [0.25, 0.3) is 0 Å². The number of ether oxygens (including phenoxy) is 3. The highest BCUT2D eigenvalue weighted by Gasteiger charge is 2.41. The molecule has 1 aliphatic heterocycles. The zero-order valence-corrected chi connectivity index (χ0v) is 19.4. The summed E-state index contributed by atoms with van der Waals surface area (Å²) in [5.41, 5.74) is 4.69. The normalized spacial score (nSPS) is 20.2. The van der Waals surface area contributed by atoms with Gasteiger partial charge in [0, 0.05) is 29.3 Å². The van der Waals surface area contributed by atoms with E-state index in [4.69, 9.17) is 14.2 Å². The van der Waals surface area contributed by atoms with Crippen LogP contribution < -0.4 is 14.8 Å². The minimum absolute atomic E-state index is 0.0414. The van der Waals surface area contributed by atoms with Crippen LogP contribution >= 0.6 is 0 Å². The monoisotopic (exact) mass is 447 g/mol. The Kier molecular flexibility index (Phi) is 6.54. The lowest BCUT2D eigenvalue weighted by Gasteiger charge is -2.36. The number of hydrogen-bond donors (Lipinski definition) is 1. The van der Waals surface area contributed by atoms with E-state index in [9.17, 15) is 9.59 Å². The maximum absolute atomic E-state index is 13.6. The molecule has 0 fully saturated rings. The SMILES string of the molecule is CCOC(=O)C1=C(C)NC2=C(C(=O)C[C@H](c3ccc(OC)cc3)C2)[C@H]1c1ccc(OC)cc1. The molecular weight excluding hydrogens is 418 g/mol. The summed E-state index contributed by atoms with van der Waals surface area (Å²) in [6.45, 7) is 3.92. The summed E-state index contributed by atoms with van der Waals surface area (Å²) >= 11 is 0. The van der Waals surface area contributed by atoms with Gasteiger partial charge in [0.2, 0.25) is 0 Å². The Hall–Kier alpha value is -3.54. The number of nitrogens with one attached hydrogen (secondary N) is 1. The highest BCUT2D eigenvalue weighted by molar-refractivity contribution is 6.04. The smallest absolute Gasteiger partial charge is 0.336 e. The number of esters is 1. The fourth-order valence-electron chi connectivity index (χ4n) is 4.76. The van der Waals surface area contributed by atoms with Crippen molar-refractivity contribution in [3.63, 3.8) is 0 Å². The molecule has 172 valence electrons. The molecule has 0 spiro atoms. The zero-order chi connectivity index (χ0) is 23.5. The van der Waals surface area contributed by atoms with Crippen molar-refractivity contribution in [3.8, 4) is 11.5 Å². The molecule has 2 aromatic rings. The number of allylic oxidation sites excluding steroid dienone is 3. The first-order valence-electron chi connectivity index (χ1n) is 11.2. The maximum Gasteiger partial charge on any atom is 0.336 e. The summed E-state index contributed by atoms with van der Waals surface area (Å²) < 4.78 is 15.9. The average molecular weight is 448 g/mol. The molecule has 0 radical (unpaired) electrons. The zero-order valence-electron chi connectivity index (χ0n) is 19.4. The van der Waals surface area contributed by atoms with E-state index in [1.54, 1.807) is 21.1 Å². The lowest BCUT2D eigenvalue weighted by atomic mass is 9.71. The van der Waals surface area contributed by atoms with Crippen LogP contribution in [-0.2, 0) is 14.3 Å². The molecule has 0 saturated carbocycles. The van der Waals surface area contributed by atoms with Gasteiger partial charge in [-0.15, -0.1) is 0 Å². The number of Topliss-reactive ketones (excluding diaryl/α,β-unsaturated/α-hetero) is 1. The van der Waals surface area contributed by atoms with E-state index >= 15 is 0 Å². The summed E-state index contributed by atoms with van der Waals surface area (Å²) in [6, 6.07) is 15.4. The third kappa shape index (κ3) is 4.38. The van der Waals surface area contributed by atoms with E-state index in [-0.39, 0.29) is 18.3 Å². The molecule has 2 aromatic carbocycles. The second-order valence-electron chi connectivity index (χ2n) is 8.28. The summed E-state index contributed by atoms with van der Waals surface area (Å²) in [5.74, 6) is 0.724. The standard InChI is InChI=1S/C27H29NO5/c1-5-33-27(30)24-16(2)28-22-14-19(17-6-10-20(31-3)11-7-17)15-23(29)26(22)25(24)18-8-12-21(32-4)13-9-18/h6-13,19,25,28H,5,14-15H2,1-4H3/t19-,25+/m1/s1. The molecule has 1 heterocycles. The number of methoxy groups -OCH3 is 2. The van der Waals surface area contributed by atoms with Gasteiger partial charge < -0.3 is 19.5 Å². The highest BCUT2D eigenvalue weighted by Crippen LogP contribution is 2.46. The van der Waals surface area contributed by atoms with Crippen molar-refractivity contribution in [2.24, 2.45) is 0 Å². The molecule has 1 aliphatic carbocycles. The van der Waals surface area contributed by atoms with Crippen LogP contribution in [0.1, 0.15) is 49.7 Å². The fourth-order valence-corrected chi connectivity index (χ4v) is 4.76. The quantitative estimate of drug-likeness (QED) is 0.651. The minimum atomic E-state index is -0.476. The molecule has 4 rings (SSSR count). The Morgan fingerprint density at radius 2 is 1.52 bits per heavy atom. The highest BCUT2D eigenvalue weighted by atomic mass is 16.5. The van der Waals surface area contributed by atoms with E-state index < -0.39 is 11.9 Å². The molecular formula is C27H29NO5. The lowest BCUT2D eigenvalue weighted by Crippen LogP contribution is -2.36. The van der Waals surface area contributed by atoms with Gasteiger partial charge in [-0.2, -0.15) is 0 Å². The molecule has 33 heavy (non-hydrogen) atoms. The van der Waals surface area contributed by atoms with E-state index in [1.165, 1.54) is 0 Å². The van der Waals surface area contributed by atoms with Crippen LogP contribution in [0.5, 0.6) is 11.5 Å². The van der Waals surface area contributed by atoms with Crippen molar-refractivity contribution >= 4 is 11.8 Å². The Bertz CT molecular complexity index is 1110. The van der Waals surface area contributed by atoms with Gasteiger partial charge in [0.05, 0.1) is 26.4 Å². The van der Waals surface area contributed by atoms with Crippen molar-refractivity contribution < 1.29 is 23.8 Å². The van der Waals surface area contributed by atoms with Gasteiger partial charge in [-0.05, 0) is 61.6 Å². The van der Waals surface area contributed by atoms with E-state index in [1.807, 2.05) is 55.5 Å². The van der Waals surface area contributed by atoms with Gasteiger partial charge in [-0.25, -0.2) is 4.79 Å². The fraction of sp³-hybridized carbons (Fsp3) is 0.333. The molecule has 6 nitrogen and oxygen atoms in total. The molecule has 0 unspecified atom stereocenters. The molecule has 0 bridgehead atoms. The Morgan fingerprint density at radius 1 is 0.939 bits per heavy atom. The number of carbonyl (C=O) groups is 2. The van der Waals surface area contributed by atoms with Crippen LogP contribution in [0, 0.1) is 0 Å². The predicted molar refractivity (Wildman–Crippen MR) is 125 cm³/mol. The van der Waals surface area contributed by atoms with Crippen molar-refractivity contribution in [3.05, 3.63) is 82.2 Å². The first-order chi connectivity index (χ1) is 16.0. The summed E-state index contributed by atoms with van der Waals surface area (Å²) in [5, 5.41) is 3.37. The van der Waals surface area contributed by atoms with E-state index in [0.717, 1.165) is 34.0 Å². The maximum atomic E-state index is 13.6. The largest absolute Gasteiger partial charge is 0.497 e. The van der Waals surface area contributed by atoms with Gasteiger partial charge in [-0.3, -0.25) is 4.79 Å². The second kappa shape index (κ2) is 9.53. The van der Waals surface area contributed by atoms with Gasteiger partial charge in [0.15, 0.2) is 5.78 Å². The van der Waals surface area contributed by atoms with Crippen molar-refractivity contribution in [2.75, 3.05) is 20.8 Å². The molecule has 2 aliphatic rings. The Labute approximate surface area is 194 Å². The molecule has 0 amide bonds. The Morgan fingerprint density at radius 3 is 2.06 bits per heavy atom. The van der Waals surface area contributed by atoms with Gasteiger partial charge >= 0.3 is 5.97 Å². The third-order valence-corrected chi connectivity index (χ3v) is 6.36. The van der Waals surface area contributed by atoms with E-state index in [2.05, 4.69) is 5.32 Å². The van der Waals surface area contributed by atoms with Gasteiger partial charge in [0.25, 0.3) is 0 Å². The topological polar surface area (TPSA) is 73.9 Å². The predicted octanol–water partition coefficient (Wildman–Crippen LogP) is 4.63. The van der Waals surface area contributed by atoms with Gasteiger partial charge in [-0.1, -0.05) is 24.3 Å². The number of rotatable bonds is 6. The number of hydrogen-bond acceptors (Lipinski definition) is 6. The number of ketones is 1. The molecule has 6 heteroatoms. The molecule has 0 aromatic heterocycles. The van der Waals surface area contributed by atoms with Crippen LogP contribution in [0.2, 0.25) is 0 Å². The number of carbonyl (C=O) groups excluding carboxylic acids is 2. The third-order valence-electron chi connectivity index (χ3n) is 6.36. The van der Waals surface area contributed by atoms with Crippen LogP contribution in [0.15, 0.2) is 71.1 Å². The van der Waals surface area contributed by atoms with Crippen LogP contribution in [0.4, 0.5) is 0 Å². The Balaban J connectivity index is 1.75. The lowest BCUT2D eigenvalue weighted by molar-refractivity contribution is -0.138. The minimum Gasteiger partial charge on any atom is -0.497 e. The van der Waals surface area contributed by atoms with Crippen LogP contribution in [0.3, 0.4) is 0 Å². The summed E-state index contributed by atoms with van der Waals surface area (Å²) in [7, 11) is 3.25. The summed E-state index contributed by atoms with van der Waals surface area (Å²) in [4.78, 5) is 26.5. The average Bonchev–Trinajstić information content (AvgIpc) is 2.83. The van der Waals surface area contributed by atoms with Gasteiger partial charge in [0.1, 0.15) is 11.5 Å². The van der Waals surface area contributed by atoms with Crippen molar-refractivity contribution in [1.82, 2.24) is 5.32 Å². The second-order valence-corrected chi connectivity index (χ2v) is 8.28. The first-order valence-corrected chi connectivity index (χ1v) is 11.2. The van der Waals surface area contributed by atoms with Crippen LogP contribution in [-0.4, -0.2) is 32.6 Å². The van der Waals surface area contributed by atoms with Crippen molar-refractivity contribution in [2.45, 2.75) is 38.5 Å². The number of dihydropyridines is 1.